The Morgan fingerprint density at radius 2 is 0.657 bits per heavy atom. The zero-order valence-corrected chi connectivity index (χ0v) is 45.2. The largest absolute Gasteiger partial charge is 0.394 e. The van der Waals surface area contributed by atoms with Crippen LogP contribution in [0.1, 0.15) is 316 Å². The van der Waals surface area contributed by atoms with Gasteiger partial charge in [-0.1, -0.05) is 312 Å². The van der Waals surface area contributed by atoms with Gasteiger partial charge in [0.25, 0.3) is 0 Å². The second-order valence-corrected chi connectivity index (χ2v) is 20.4. The lowest BCUT2D eigenvalue weighted by molar-refractivity contribution is -0.123. The number of aliphatic hydroxyl groups excluding tert-OH is 2. The highest BCUT2D eigenvalue weighted by Crippen LogP contribution is 2.18. The van der Waals surface area contributed by atoms with Crippen LogP contribution in [0.4, 0.5) is 0 Å². The average Bonchev–Trinajstić information content (AvgIpc) is 3.33. The van der Waals surface area contributed by atoms with Gasteiger partial charge in [0.15, 0.2) is 0 Å². The van der Waals surface area contributed by atoms with Gasteiger partial charge in [0.2, 0.25) is 5.91 Å². The molecular formula is C63H117NO3. The fourth-order valence-corrected chi connectivity index (χ4v) is 9.23. The van der Waals surface area contributed by atoms with E-state index in [1.807, 2.05) is 6.08 Å². The summed E-state index contributed by atoms with van der Waals surface area (Å²) in [5.74, 6) is -0.0599. The van der Waals surface area contributed by atoms with Gasteiger partial charge in [-0.2, -0.15) is 0 Å². The molecule has 0 aromatic heterocycles. The minimum atomic E-state index is -0.841. The van der Waals surface area contributed by atoms with Crippen LogP contribution in [-0.2, 0) is 4.79 Å². The topological polar surface area (TPSA) is 69.6 Å². The number of hydrogen-bond acceptors (Lipinski definition) is 3. The van der Waals surface area contributed by atoms with Gasteiger partial charge in [0.1, 0.15) is 0 Å². The van der Waals surface area contributed by atoms with E-state index < -0.39 is 12.1 Å². The standard InChI is InChI=1S/C63H117NO3/c1-3-5-7-9-11-13-15-17-19-21-23-25-27-29-30-31-32-33-34-35-37-39-41-43-45-47-49-51-53-55-57-59-63(67)64-61(60-65)62(66)58-56-54-52-50-48-46-44-42-40-38-36-28-26-24-22-20-18-16-14-12-10-8-6-4-2/h5,7,11,13,17,19,23,25,56,58,61-62,65-66H,3-4,6,8-10,12,14-16,18,20-22,24,26-55,57,59-60H2,1-2H3,(H,64,67)/b7-5-,13-11-,19-17-,25-23-,58-56+. The summed E-state index contributed by atoms with van der Waals surface area (Å²) >= 11 is 0. The summed E-state index contributed by atoms with van der Waals surface area (Å²) in [7, 11) is 0. The summed E-state index contributed by atoms with van der Waals surface area (Å²) in [6, 6.07) is -0.624. The van der Waals surface area contributed by atoms with Crippen molar-refractivity contribution >= 4 is 5.91 Å². The first-order valence-electron chi connectivity index (χ1n) is 30.0. The molecule has 0 aliphatic heterocycles. The molecular weight excluding hydrogens is 819 g/mol. The Balaban J connectivity index is 3.47. The van der Waals surface area contributed by atoms with E-state index in [4.69, 9.17) is 0 Å². The molecule has 0 heterocycles. The molecule has 1 amide bonds. The number of nitrogens with one attached hydrogen (secondary N) is 1. The summed E-state index contributed by atoms with van der Waals surface area (Å²) in [6.07, 6.45) is 82.6. The van der Waals surface area contributed by atoms with Crippen LogP contribution >= 0.6 is 0 Å². The first-order chi connectivity index (χ1) is 33.2. The molecule has 0 aromatic rings. The molecule has 2 unspecified atom stereocenters. The van der Waals surface area contributed by atoms with Crippen molar-refractivity contribution in [2.45, 2.75) is 328 Å². The van der Waals surface area contributed by atoms with Crippen LogP contribution in [0.15, 0.2) is 60.8 Å². The Hall–Kier alpha value is -1.91. The second kappa shape index (κ2) is 58.4. The summed E-state index contributed by atoms with van der Waals surface area (Å²) in [5, 5.41) is 23.2. The van der Waals surface area contributed by atoms with Gasteiger partial charge >= 0.3 is 0 Å². The SMILES string of the molecule is CC/C=C\C/C=C\C/C=C\C/C=C\CCCCCCCCCCCCCCCCCCCCC(=O)NC(CO)C(O)/C=C/CCCCCCCCCCCCCCCCCCCCCCCC. The number of amides is 1. The molecule has 0 spiro atoms. The van der Waals surface area contributed by atoms with Crippen molar-refractivity contribution in [3.63, 3.8) is 0 Å². The molecule has 3 N–H and O–H groups in total. The van der Waals surface area contributed by atoms with E-state index in [2.05, 4.69) is 67.8 Å². The first kappa shape index (κ1) is 65.1. The molecule has 4 nitrogen and oxygen atoms in total. The van der Waals surface area contributed by atoms with Crippen LogP contribution in [0.5, 0.6) is 0 Å². The van der Waals surface area contributed by atoms with Gasteiger partial charge in [0.05, 0.1) is 18.8 Å². The fraction of sp³-hybridized carbons (Fsp3) is 0.825. The van der Waals surface area contributed by atoms with Crippen LogP contribution in [0.3, 0.4) is 0 Å². The van der Waals surface area contributed by atoms with E-state index in [1.165, 1.54) is 244 Å². The lowest BCUT2D eigenvalue weighted by Gasteiger charge is -2.20. The van der Waals surface area contributed by atoms with Crippen molar-refractivity contribution in [1.82, 2.24) is 5.32 Å². The zero-order chi connectivity index (χ0) is 48.5. The summed E-state index contributed by atoms with van der Waals surface area (Å²) in [6.45, 7) is 4.23. The van der Waals surface area contributed by atoms with Gasteiger partial charge in [0, 0.05) is 6.42 Å². The van der Waals surface area contributed by atoms with Crippen molar-refractivity contribution in [2.75, 3.05) is 6.61 Å². The lowest BCUT2D eigenvalue weighted by atomic mass is 10.0. The van der Waals surface area contributed by atoms with Gasteiger partial charge in [-0.15, -0.1) is 0 Å². The second-order valence-electron chi connectivity index (χ2n) is 20.4. The van der Waals surface area contributed by atoms with Gasteiger partial charge in [-0.3, -0.25) is 4.79 Å². The molecule has 0 aliphatic carbocycles. The molecule has 0 fully saturated rings. The third-order valence-electron chi connectivity index (χ3n) is 13.8. The van der Waals surface area contributed by atoms with Crippen molar-refractivity contribution in [3.8, 4) is 0 Å². The van der Waals surface area contributed by atoms with Crippen molar-refractivity contribution in [2.24, 2.45) is 0 Å². The number of allylic oxidation sites excluding steroid dienone is 9. The fourth-order valence-electron chi connectivity index (χ4n) is 9.23. The molecule has 4 heteroatoms. The highest BCUT2D eigenvalue weighted by atomic mass is 16.3. The third kappa shape index (κ3) is 54.9. The monoisotopic (exact) mass is 936 g/mol. The maximum Gasteiger partial charge on any atom is 0.220 e. The first-order valence-corrected chi connectivity index (χ1v) is 30.0. The molecule has 0 aromatic carbocycles. The van der Waals surface area contributed by atoms with Gasteiger partial charge < -0.3 is 15.5 Å². The number of unbranched alkanes of at least 4 members (excludes halogenated alkanes) is 40. The quantitative estimate of drug-likeness (QED) is 0.0420. The van der Waals surface area contributed by atoms with Crippen LogP contribution in [-0.4, -0.2) is 34.9 Å². The van der Waals surface area contributed by atoms with Crippen molar-refractivity contribution in [1.29, 1.82) is 0 Å². The number of aliphatic hydroxyl groups is 2. The lowest BCUT2D eigenvalue weighted by Crippen LogP contribution is -2.45. The predicted octanol–water partition coefficient (Wildman–Crippen LogP) is 20.0. The minimum absolute atomic E-state index is 0.0599. The molecule has 392 valence electrons. The van der Waals surface area contributed by atoms with Gasteiger partial charge in [-0.25, -0.2) is 0 Å². The van der Waals surface area contributed by atoms with E-state index in [-0.39, 0.29) is 12.5 Å². The summed E-state index contributed by atoms with van der Waals surface area (Å²) in [4.78, 5) is 12.5. The highest BCUT2D eigenvalue weighted by molar-refractivity contribution is 5.76. The van der Waals surface area contributed by atoms with Crippen LogP contribution in [0, 0.1) is 0 Å². The predicted molar refractivity (Wildman–Crippen MR) is 299 cm³/mol. The third-order valence-corrected chi connectivity index (χ3v) is 13.8. The van der Waals surface area contributed by atoms with Gasteiger partial charge in [-0.05, 0) is 57.8 Å². The molecule has 2 atom stereocenters. The molecule has 0 rings (SSSR count). The molecule has 0 radical (unpaired) electrons. The maximum absolute atomic E-state index is 12.5. The average molecular weight is 937 g/mol. The van der Waals surface area contributed by atoms with Crippen molar-refractivity contribution in [3.05, 3.63) is 60.8 Å². The smallest absolute Gasteiger partial charge is 0.220 e. The Kier molecular flexibility index (Phi) is 56.7. The minimum Gasteiger partial charge on any atom is -0.394 e. The maximum atomic E-state index is 12.5. The summed E-state index contributed by atoms with van der Waals surface area (Å²) < 4.78 is 0. The number of carbonyl (C=O) groups excluding carboxylic acids is 1. The number of hydrogen-bond donors (Lipinski definition) is 3. The normalized spacial score (nSPS) is 13.2. The Bertz CT molecular complexity index is 1110. The molecule has 0 aliphatic rings. The van der Waals surface area contributed by atoms with E-state index >= 15 is 0 Å². The Morgan fingerprint density at radius 3 is 0.985 bits per heavy atom. The zero-order valence-electron chi connectivity index (χ0n) is 45.2. The Morgan fingerprint density at radius 1 is 0.373 bits per heavy atom. The van der Waals surface area contributed by atoms with E-state index in [0.29, 0.717) is 6.42 Å². The highest BCUT2D eigenvalue weighted by Gasteiger charge is 2.18. The molecule has 67 heavy (non-hydrogen) atoms. The molecule has 0 saturated heterocycles. The Labute approximate surface area is 419 Å². The summed E-state index contributed by atoms with van der Waals surface area (Å²) in [5.41, 5.74) is 0. The van der Waals surface area contributed by atoms with E-state index in [1.54, 1.807) is 6.08 Å². The number of carbonyl (C=O) groups is 1. The molecule has 0 bridgehead atoms. The van der Waals surface area contributed by atoms with E-state index in [9.17, 15) is 15.0 Å². The molecule has 0 saturated carbocycles. The number of rotatable bonds is 55. The van der Waals surface area contributed by atoms with Crippen LogP contribution in [0.25, 0.3) is 0 Å². The van der Waals surface area contributed by atoms with Crippen LogP contribution < -0.4 is 5.32 Å². The van der Waals surface area contributed by atoms with Crippen molar-refractivity contribution < 1.29 is 15.0 Å². The van der Waals surface area contributed by atoms with Crippen LogP contribution in [0.2, 0.25) is 0 Å². The van der Waals surface area contributed by atoms with E-state index in [0.717, 1.165) is 51.4 Å².